The largest absolute Gasteiger partial charge is 0.466 e. The van der Waals surface area contributed by atoms with Crippen LogP contribution < -0.4 is 0 Å². The van der Waals surface area contributed by atoms with Crippen molar-refractivity contribution >= 4 is 17.7 Å². The Hall–Kier alpha value is -1.65. The van der Waals surface area contributed by atoms with Crippen molar-refractivity contribution in [1.82, 2.24) is 0 Å². The molecular formula is C12H16O5. The third kappa shape index (κ3) is 3.41. The highest BCUT2D eigenvalue weighted by molar-refractivity contribution is 5.94. The third-order valence-electron chi connectivity index (χ3n) is 2.81. The maximum atomic E-state index is 11.5. The van der Waals surface area contributed by atoms with Gasteiger partial charge in [0.1, 0.15) is 0 Å². The van der Waals surface area contributed by atoms with Crippen molar-refractivity contribution in [1.29, 1.82) is 0 Å². The number of Topliss-reactive ketones (excluding diaryl/α,β-unsaturated/α-hetero) is 1. The Balaban J connectivity index is 2.60. The third-order valence-corrected chi connectivity index (χ3v) is 2.81. The van der Waals surface area contributed by atoms with E-state index >= 15 is 0 Å². The zero-order valence-electron chi connectivity index (χ0n) is 10.2. The SMILES string of the molecule is COC(=O)/C=C/C(=O)OC1C(=O)CCC1(C)C. The highest BCUT2D eigenvalue weighted by atomic mass is 16.5. The number of esters is 2. The first-order valence-corrected chi connectivity index (χ1v) is 5.36. The molecule has 1 saturated carbocycles. The summed E-state index contributed by atoms with van der Waals surface area (Å²) < 4.78 is 9.38. The van der Waals surface area contributed by atoms with Crippen LogP contribution in [0.25, 0.3) is 0 Å². The monoisotopic (exact) mass is 240 g/mol. The standard InChI is InChI=1S/C12H16O5/c1-12(2)7-6-8(13)11(12)17-10(15)5-4-9(14)16-3/h4-5,11H,6-7H2,1-3H3/b5-4+. The fraction of sp³-hybridized carbons (Fsp3) is 0.583. The average molecular weight is 240 g/mol. The summed E-state index contributed by atoms with van der Waals surface area (Å²) in [5.74, 6) is -1.42. The number of carbonyl (C=O) groups is 3. The molecular weight excluding hydrogens is 224 g/mol. The van der Waals surface area contributed by atoms with Crippen LogP contribution in [-0.4, -0.2) is 30.9 Å². The molecule has 0 amide bonds. The minimum absolute atomic E-state index is 0.0742. The second-order valence-electron chi connectivity index (χ2n) is 4.63. The minimum atomic E-state index is -0.725. The molecule has 5 heteroatoms. The van der Waals surface area contributed by atoms with E-state index in [-0.39, 0.29) is 11.2 Å². The van der Waals surface area contributed by atoms with E-state index in [0.29, 0.717) is 12.8 Å². The van der Waals surface area contributed by atoms with E-state index in [1.807, 2.05) is 13.8 Å². The first-order valence-electron chi connectivity index (χ1n) is 5.36. The summed E-state index contributed by atoms with van der Waals surface area (Å²) in [6.07, 6.45) is 2.33. The summed E-state index contributed by atoms with van der Waals surface area (Å²) in [7, 11) is 1.21. The molecule has 1 unspecified atom stereocenters. The van der Waals surface area contributed by atoms with Crippen LogP contribution in [0.15, 0.2) is 12.2 Å². The fourth-order valence-electron chi connectivity index (χ4n) is 1.73. The van der Waals surface area contributed by atoms with E-state index in [4.69, 9.17) is 4.74 Å². The van der Waals surface area contributed by atoms with Crippen molar-refractivity contribution in [2.75, 3.05) is 7.11 Å². The second-order valence-corrected chi connectivity index (χ2v) is 4.63. The van der Waals surface area contributed by atoms with Gasteiger partial charge in [-0.05, 0) is 6.42 Å². The van der Waals surface area contributed by atoms with E-state index in [2.05, 4.69) is 4.74 Å². The quantitative estimate of drug-likeness (QED) is 0.544. The van der Waals surface area contributed by atoms with Crippen LogP contribution in [0, 0.1) is 5.41 Å². The van der Waals surface area contributed by atoms with E-state index in [0.717, 1.165) is 12.2 Å². The van der Waals surface area contributed by atoms with Gasteiger partial charge in [-0.3, -0.25) is 4.79 Å². The molecule has 1 rings (SSSR count). The number of ketones is 1. The summed E-state index contributed by atoms with van der Waals surface area (Å²) in [6, 6.07) is 0. The molecule has 0 aromatic carbocycles. The predicted molar refractivity (Wildman–Crippen MR) is 59.1 cm³/mol. The average Bonchev–Trinajstić information content (AvgIpc) is 2.53. The van der Waals surface area contributed by atoms with Crippen LogP contribution in [-0.2, 0) is 23.9 Å². The molecule has 1 aliphatic carbocycles. The van der Waals surface area contributed by atoms with Crippen molar-refractivity contribution in [2.45, 2.75) is 32.8 Å². The van der Waals surface area contributed by atoms with E-state index in [1.54, 1.807) is 0 Å². The summed E-state index contributed by atoms with van der Waals surface area (Å²) in [5, 5.41) is 0. The van der Waals surface area contributed by atoms with Gasteiger partial charge < -0.3 is 9.47 Å². The van der Waals surface area contributed by atoms with Gasteiger partial charge in [-0.25, -0.2) is 9.59 Å². The molecule has 0 bridgehead atoms. The van der Waals surface area contributed by atoms with Gasteiger partial charge in [0.2, 0.25) is 0 Å². The lowest BCUT2D eigenvalue weighted by atomic mass is 9.89. The van der Waals surface area contributed by atoms with Gasteiger partial charge in [-0.15, -0.1) is 0 Å². The molecule has 0 heterocycles. The van der Waals surface area contributed by atoms with Crippen LogP contribution in [0.2, 0.25) is 0 Å². The zero-order valence-corrected chi connectivity index (χ0v) is 10.2. The van der Waals surface area contributed by atoms with Crippen LogP contribution in [0.4, 0.5) is 0 Å². The minimum Gasteiger partial charge on any atom is -0.466 e. The van der Waals surface area contributed by atoms with Crippen molar-refractivity contribution in [3.8, 4) is 0 Å². The Bertz CT molecular complexity index is 367. The van der Waals surface area contributed by atoms with Gasteiger partial charge in [-0.2, -0.15) is 0 Å². The first kappa shape index (κ1) is 13.4. The number of hydrogen-bond donors (Lipinski definition) is 0. The molecule has 0 radical (unpaired) electrons. The van der Waals surface area contributed by atoms with Gasteiger partial charge in [-0.1, -0.05) is 13.8 Å². The highest BCUT2D eigenvalue weighted by Crippen LogP contribution is 2.37. The van der Waals surface area contributed by atoms with Gasteiger partial charge >= 0.3 is 11.9 Å². The Labute approximate surface area is 99.8 Å². The topological polar surface area (TPSA) is 69.7 Å². The van der Waals surface area contributed by atoms with Gasteiger partial charge in [0.25, 0.3) is 0 Å². The molecule has 0 saturated heterocycles. The maximum Gasteiger partial charge on any atom is 0.331 e. The Kier molecular flexibility index (Phi) is 4.04. The maximum absolute atomic E-state index is 11.5. The van der Waals surface area contributed by atoms with E-state index < -0.39 is 18.0 Å². The molecule has 94 valence electrons. The number of methoxy groups -OCH3 is 1. The van der Waals surface area contributed by atoms with Crippen molar-refractivity contribution < 1.29 is 23.9 Å². The Morgan fingerprint density at radius 2 is 1.88 bits per heavy atom. The molecule has 0 N–H and O–H groups in total. The van der Waals surface area contributed by atoms with Crippen LogP contribution in [0.3, 0.4) is 0 Å². The molecule has 17 heavy (non-hydrogen) atoms. The molecule has 5 nitrogen and oxygen atoms in total. The van der Waals surface area contributed by atoms with Gasteiger partial charge in [0, 0.05) is 24.0 Å². The number of carbonyl (C=O) groups excluding carboxylic acids is 3. The highest BCUT2D eigenvalue weighted by Gasteiger charge is 2.43. The van der Waals surface area contributed by atoms with Crippen molar-refractivity contribution in [2.24, 2.45) is 5.41 Å². The summed E-state index contributed by atoms with van der Waals surface area (Å²) in [4.78, 5) is 33.7. The van der Waals surface area contributed by atoms with Crippen LogP contribution in [0.5, 0.6) is 0 Å². The molecule has 1 fully saturated rings. The number of hydrogen-bond acceptors (Lipinski definition) is 5. The smallest absolute Gasteiger partial charge is 0.331 e. The zero-order chi connectivity index (χ0) is 13.1. The van der Waals surface area contributed by atoms with Crippen LogP contribution in [0.1, 0.15) is 26.7 Å². The Morgan fingerprint density at radius 3 is 2.35 bits per heavy atom. The van der Waals surface area contributed by atoms with Crippen LogP contribution >= 0.6 is 0 Å². The number of ether oxygens (including phenoxy) is 2. The van der Waals surface area contributed by atoms with E-state index in [1.165, 1.54) is 7.11 Å². The van der Waals surface area contributed by atoms with Crippen molar-refractivity contribution in [3.63, 3.8) is 0 Å². The number of rotatable bonds is 3. The molecule has 0 spiro atoms. The lowest BCUT2D eigenvalue weighted by molar-refractivity contribution is -0.153. The molecule has 0 aromatic heterocycles. The molecule has 1 atom stereocenters. The normalized spacial score (nSPS) is 22.8. The lowest BCUT2D eigenvalue weighted by Gasteiger charge is -2.24. The molecule has 0 aliphatic heterocycles. The first-order chi connectivity index (χ1) is 7.86. The summed E-state index contributed by atoms with van der Waals surface area (Å²) in [6.45, 7) is 3.75. The fourth-order valence-corrected chi connectivity index (χ4v) is 1.73. The predicted octanol–water partition coefficient (Wildman–Crippen LogP) is 1.02. The van der Waals surface area contributed by atoms with Gasteiger partial charge in [0.05, 0.1) is 7.11 Å². The van der Waals surface area contributed by atoms with E-state index in [9.17, 15) is 14.4 Å². The second kappa shape index (κ2) is 5.12. The Morgan fingerprint density at radius 1 is 1.29 bits per heavy atom. The molecule has 1 aliphatic rings. The summed E-state index contributed by atoms with van der Waals surface area (Å²) in [5.41, 5.74) is -0.341. The van der Waals surface area contributed by atoms with Crippen molar-refractivity contribution in [3.05, 3.63) is 12.2 Å². The summed E-state index contributed by atoms with van der Waals surface area (Å²) >= 11 is 0. The van der Waals surface area contributed by atoms with Gasteiger partial charge in [0.15, 0.2) is 11.9 Å². The molecule has 0 aromatic rings. The lowest BCUT2D eigenvalue weighted by Crippen LogP contribution is -2.33.